The van der Waals surface area contributed by atoms with Crippen molar-refractivity contribution >= 4 is 11.8 Å². The van der Waals surface area contributed by atoms with Gasteiger partial charge in [-0.2, -0.15) is 0 Å². The second-order valence-electron chi connectivity index (χ2n) is 7.10. The fourth-order valence-electron chi connectivity index (χ4n) is 3.06. The van der Waals surface area contributed by atoms with Crippen molar-refractivity contribution in [2.75, 3.05) is 18.4 Å². The predicted molar refractivity (Wildman–Crippen MR) is 86.8 cm³/mol. The van der Waals surface area contributed by atoms with E-state index in [1.807, 2.05) is 20.8 Å². The van der Waals surface area contributed by atoms with Crippen LogP contribution in [0.1, 0.15) is 38.3 Å². The molecule has 1 amide bonds. The van der Waals surface area contributed by atoms with Crippen LogP contribution in [0.3, 0.4) is 0 Å². The summed E-state index contributed by atoms with van der Waals surface area (Å²) in [6, 6.07) is 6.68. The first-order valence-electron chi connectivity index (χ1n) is 7.98. The molecule has 0 spiro atoms. The quantitative estimate of drug-likeness (QED) is 0.882. The van der Waals surface area contributed by atoms with E-state index in [2.05, 4.69) is 28.8 Å². The number of carbonyl (C=O) groups excluding carboxylic acids is 1. The minimum Gasteiger partial charge on any atom is -0.444 e. The lowest BCUT2D eigenvalue weighted by molar-refractivity contribution is 0.0293. The van der Waals surface area contributed by atoms with E-state index in [0.29, 0.717) is 12.6 Å². The second kappa shape index (κ2) is 5.80. The van der Waals surface area contributed by atoms with Gasteiger partial charge in [-0.05, 0) is 44.4 Å². The Bertz CT molecular complexity index is 566. The van der Waals surface area contributed by atoms with Gasteiger partial charge in [0.15, 0.2) is 0 Å². The van der Waals surface area contributed by atoms with Crippen LogP contribution in [0, 0.1) is 0 Å². The second-order valence-corrected chi connectivity index (χ2v) is 7.10. The lowest BCUT2D eigenvalue weighted by Crippen LogP contribution is -2.36. The molecule has 0 unspecified atom stereocenters. The number of benzene rings is 1. The number of anilines is 1. The summed E-state index contributed by atoms with van der Waals surface area (Å²) in [7, 11) is 0. The van der Waals surface area contributed by atoms with Gasteiger partial charge in [-0.1, -0.05) is 12.1 Å². The molecule has 2 heterocycles. The summed E-state index contributed by atoms with van der Waals surface area (Å²) >= 11 is 0. The van der Waals surface area contributed by atoms with Crippen molar-refractivity contribution in [3.8, 4) is 0 Å². The van der Waals surface area contributed by atoms with E-state index in [1.54, 1.807) is 4.90 Å². The Morgan fingerprint density at radius 2 is 2.18 bits per heavy atom. The van der Waals surface area contributed by atoms with Crippen LogP contribution in [0.5, 0.6) is 0 Å². The number of hydrogen-bond donors (Lipinski definition) is 2. The van der Waals surface area contributed by atoms with Gasteiger partial charge in [-0.25, -0.2) is 4.79 Å². The third-order valence-electron chi connectivity index (χ3n) is 4.09. The zero-order valence-corrected chi connectivity index (χ0v) is 13.6. The molecule has 0 aromatic heterocycles. The zero-order chi connectivity index (χ0) is 15.7. The molecule has 1 atom stereocenters. The van der Waals surface area contributed by atoms with Crippen molar-refractivity contribution in [3.05, 3.63) is 29.3 Å². The summed E-state index contributed by atoms with van der Waals surface area (Å²) in [6.07, 6.45) is 0.743. The van der Waals surface area contributed by atoms with Gasteiger partial charge in [0.2, 0.25) is 0 Å². The smallest absolute Gasteiger partial charge is 0.410 e. The SMILES string of the molecule is CC(C)(C)OC(=O)N1CC[C@H](Nc2cccc3c2CNC3)C1. The van der Waals surface area contributed by atoms with Crippen LogP contribution in [-0.2, 0) is 17.8 Å². The molecular weight excluding hydrogens is 278 g/mol. The van der Waals surface area contributed by atoms with E-state index < -0.39 is 5.60 Å². The van der Waals surface area contributed by atoms with E-state index in [4.69, 9.17) is 4.74 Å². The van der Waals surface area contributed by atoms with Gasteiger partial charge in [0, 0.05) is 37.9 Å². The predicted octanol–water partition coefficient (Wildman–Crippen LogP) is 2.71. The van der Waals surface area contributed by atoms with Gasteiger partial charge < -0.3 is 20.3 Å². The summed E-state index contributed by atoms with van der Waals surface area (Å²) in [5, 5.41) is 6.98. The van der Waals surface area contributed by atoms with Crippen LogP contribution in [0.25, 0.3) is 0 Å². The van der Waals surface area contributed by atoms with Gasteiger partial charge in [0.1, 0.15) is 5.60 Å². The Labute approximate surface area is 132 Å². The normalized spacial score (nSPS) is 20.9. The van der Waals surface area contributed by atoms with Crippen molar-refractivity contribution in [3.63, 3.8) is 0 Å². The van der Waals surface area contributed by atoms with E-state index in [9.17, 15) is 4.79 Å². The van der Waals surface area contributed by atoms with Crippen molar-refractivity contribution in [1.82, 2.24) is 10.2 Å². The lowest BCUT2D eigenvalue weighted by Gasteiger charge is -2.24. The zero-order valence-electron chi connectivity index (χ0n) is 13.6. The molecule has 0 aliphatic carbocycles. The number of carbonyl (C=O) groups is 1. The molecule has 22 heavy (non-hydrogen) atoms. The summed E-state index contributed by atoms with van der Waals surface area (Å²) < 4.78 is 5.44. The number of nitrogens with zero attached hydrogens (tertiary/aromatic N) is 1. The Morgan fingerprint density at radius 1 is 1.36 bits per heavy atom. The number of fused-ring (bicyclic) bond motifs is 1. The maximum absolute atomic E-state index is 12.1. The Morgan fingerprint density at radius 3 is 2.95 bits per heavy atom. The number of nitrogens with one attached hydrogen (secondary N) is 2. The van der Waals surface area contributed by atoms with Crippen LogP contribution < -0.4 is 10.6 Å². The van der Waals surface area contributed by atoms with E-state index in [1.165, 1.54) is 16.8 Å². The molecule has 1 aromatic rings. The number of likely N-dealkylation sites (tertiary alicyclic amines) is 1. The van der Waals surface area contributed by atoms with Crippen molar-refractivity contribution in [1.29, 1.82) is 0 Å². The van der Waals surface area contributed by atoms with Crippen LogP contribution >= 0.6 is 0 Å². The first kappa shape index (κ1) is 15.2. The van der Waals surface area contributed by atoms with Crippen molar-refractivity contribution < 1.29 is 9.53 Å². The average Bonchev–Trinajstić information content (AvgIpc) is 3.05. The third-order valence-corrected chi connectivity index (χ3v) is 4.09. The molecule has 5 heteroatoms. The molecule has 3 rings (SSSR count). The Balaban J connectivity index is 1.60. The fourth-order valence-corrected chi connectivity index (χ4v) is 3.06. The molecule has 1 saturated heterocycles. The van der Waals surface area contributed by atoms with Gasteiger partial charge in [0.05, 0.1) is 0 Å². The number of hydrogen-bond acceptors (Lipinski definition) is 4. The molecular formula is C17H25N3O2. The standard InChI is InChI=1S/C17H25N3O2/c1-17(2,3)22-16(21)20-8-7-13(11-20)19-15-6-4-5-12-9-18-10-14(12)15/h4-6,13,18-19H,7-11H2,1-3H3/t13-/m0/s1. The highest BCUT2D eigenvalue weighted by Crippen LogP contribution is 2.26. The fraction of sp³-hybridized carbons (Fsp3) is 0.588. The minimum atomic E-state index is -0.436. The number of rotatable bonds is 2. The maximum Gasteiger partial charge on any atom is 0.410 e. The molecule has 1 fully saturated rings. The van der Waals surface area contributed by atoms with Crippen LogP contribution in [-0.4, -0.2) is 35.7 Å². The van der Waals surface area contributed by atoms with Gasteiger partial charge in [-0.15, -0.1) is 0 Å². The van der Waals surface area contributed by atoms with Crippen LogP contribution in [0.15, 0.2) is 18.2 Å². The summed E-state index contributed by atoms with van der Waals surface area (Å²) in [5.74, 6) is 0. The first-order chi connectivity index (χ1) is 10.4. The highest BCUT2D eigenvalue weighted by Gasteiger charge is 2.30. The van der Waals surface area contributed by atoms with E-state index >= 15 is 0 Å². The van der Waals surface area contributed by atoms with Crippen molar-refractivity contribution in [2.24, 2.45) is 0 Å². The van der Waals surface area contributed by atoms with Crippen LogP contribution in [0.4, 0.5) is 10.5 Å². The summed E-state index contributed by atoms with van der Waals surface area (Å²) in [4.78, 5) is 13.9. The van der Waals surface area contributed by atoms with Gasteiger partial charge >= 0.3 is 6.09 Å². The topological polar surface area (TPSA) is 53.6 Å². The molecule has 0 radical (unpaired) electrons. The van der Waals surface area contributed by atoms with Crippen LogP contribution in [0.2, 0.25) is 0 Å². The molecule has 2 aliphatic rings. The molecule has 2 aliphatic heterocycles. The highest BCUT2D eigenvalue weighted by molar-refractivity contribution is 5.69. The first-order valence-corrected chi connectivity index (χ1v) is 7.98. The molecule has 2 N–H and O–H groups in total. The lowest BCUT2D eigenvalue weighted by atomic mass is 10.1. The molecule has 5 nitrogen and oxygen atoms in total. The molecule has 120 valence electrons. The average molecular weight is 303 g/mol. The number of amides is 1. The molecule has 0 bridgehead atoms. The third kappa shape index (κ3) is 3.35. The Hall–Kier alpha value is -1.75. The molecule has 0 saturated carbocycles. The Kier molecular flexibility index (Phi) is 4.00. The van der Waals surface area contributed by atoms with Crippen molar-refractivity contribution in [2.45, 2.75) is 51.9 Å². The summed E-state index contributed by atoms with van der Waals surface area (Å²) in [5.41, 5.74) is 3.48. The van der Waals surface area contributed by atoms with E-state index in [0.717, 1.165) is 26.1 Å². The van der Waals surface area contributed by atoms with E-state index in [-0.39, 0.29) is 6.09 Å². The molecule has 1 aromatic carbocycles. The highest BCUT2D eigenvalue weighted by atomic mass is 16.6. The monoisotopic (exact) mass is 303 g/mol. The van der Waals surface area contributed by atoms with Gasteiger partial charge in [-0.3, -0.25) is 0 Å². The summed E-state index contributed by atoms with van der Waals surface area (Å²) in [6.45, 7) is 9.01. The number of ether oxygens (including phenoxy) is 1. The minimum absolute atomic E-state index is 0.211. The van der Waals surface area contributed by atoms with Gasteiger partial charge in [0.25, 0.3) is 0 Å². The maximum atomic E-state index is 12.1. The largest absolute Gasteiger partial charge is 0.444 e.